The van der Waals surface area contributed by atoms with Gasteiger partial charge in [0.25, 0.3) is 5.91 Å². The number of anilines is 1. The highest BCUT2D eigenvalue weighted by Gasteiger charge is 2.13. The molecule has 0 saturated heterocycles. The van der Waals surface area contributed by atoms with Crippen LogP contribution in [0.1, 0.15) is 11.3 Å². The Kier molecular flexibility index (Phi) is 6.51. The van der Waals surface area contributed by atoms with Crippen LogP contribution in [-0.4, -0.2) is 34.9 Å². The molecule has 0 radical (unpaired) electrons. The number of rotatable bonds is 7. The fourth-order valence-electron chi connectivity index (χ4n) is 2.51. The van der Waals surface area contributed by atoms with E-state index in [0.29, 0.717) is 16.6 Å². The number of carbonyl (C=O) groups is 2. The maximum atomic E-state index is 12.2. The number of hydrogen-bond donors (Lipinski definition) is 1. The Morgan fingerprint density at radius 1 is 1.03 bits per heavy atom. The Balaban J connectivity index is 1.52. The van der Waals surface area contributed by atoms with Crippen molar-refractivity contribution in [1.29, 1.82) is 0 Å². The number of hydrogen-bond acceptors (Lipinski definition) is 5. The van der Waals surface area contributed by atoms with Crippen LogP contribution in [0.4, 0.5) is 5.82 Å². The van der Waals surface area contributed by atoms with Crippen LogP contribution in [0.5, 0.6) is 5.75 Å². The van der Waals surface area contributed by atoms with Crippen molar-refractivity contribution in [3.05, 3.63) is 70.9 Å². The smallest absolute Gasteiger partial charge is 0.344 e. The molecule has 0 bridgehead atoms. The van der Waals surface area contributed by atoms with Gasteiger partial charge >= 0.3 is 5.97 Å². The summed E-state index contributed by atoms with van der Waals surface area (Å²) in [4.78, 5) is 24.0. The molecule has 0 saturated carbocycles. The molecule has 0 aliphatic heterocycles. The molecule has 1 heterocycles. The van der Waals surface area contributed by atoms with Crippen molar-refractivity contribution in [3.8, 4) is 11.4 Å². The van der Waals surface area contributed by atoms with Gasteiger partial charge in [-0.3, -0.25) is 4.79 Å². The minimum Gasteiger partial charge on any atom is -0.482 e. The number of benzene rings is 2. The molecule has 7 nitrogen and oxygen atoms in total. The summed E-state index contributed by atoms with van der Waals surface area (Å²) in [6.45, 7) is 3.08. The summed E-state index contributed by atoms with van der Waals surface area (Å²) in [5.74, 6) is -0.158. The number of halogens is 1. The highest BCUT2D eigenvalue weighted by molar-refractivity contribution is 6.30. The highest BCUT2D eigenvalue weighted by Crippen LogP contribution is 2.18. The van der Waals surface area contributed by atoms with Crippen LogP contribution in [-0.2, 0) is 14.3 Å². The molecule has 3 rings (SSSR count). The van der Waals surface area contributed by atoms with Gasteiger partial charge in [-0.2, -0.15) is 5.10 Å². The van der Waals surface area contributed by atoms with E-state index in [1.165, 1.54) is 0 Å². The number of amides is 1. The SMILES string of the molecule is Cc1ccc(-n2nc(C)cc2NC(=O)COC(=O)COc2ccc(Cl)cc2)cc1. The zero-order valence-electron chi connectivity index (χ0n) is 16.0. The molecule has 0 atom stereocenters. The molecular weight excluding hydrogens is 394 g/mol. The molecule has 0 aliphatic rings. The summed E-state index contributed by atoms with van der Waals surface area (Å²) in [6.07, 6.45) is 0. The van der Waals surface area contributed by atoms with Crippen LogP contribution in [0.2, 0.25) is 5.02 Å². The summed E-state index contributed by atoms with van der Waals surface area (Å²) in [5, 5.41) is 7.67. The quantitative estimate of drug-likeness (QED) is 0.597. The van der Waals surface area contributed by atoms with E-state index in [0.717, 1.165) is 16.9 Å². The molecular formula is C21H20ClN3O4. The first-order chi connectivity index (χ1) is 13.9. The molecule has 0 unspecified atom stereocenters. The number of nitrogens with zero attached hydrogens (tertiary/aromatic N) is 2. The standard InChI is InChI=1S/C21H20ClN3O4/c1-14-3-7-17(8-4-14)25-19(11-15(2)24-25)23-20(26)12-29-21(27)13-28-18-9-5-16(22)6-10-18/h3-11H,12-13H2,1-2H3,(H,23,26). The first-order valence-electron chi connectivity index (χ1n) is 8.88. The van der Waals surface area contributed by atoms with E-state index in [4.69, 9.17) is 21.1 Å². The molecule has 29 heavy (non-hydrogen) atoms. The lowest BCUT2D eigenvalue weighted by Crippen LogP contribution is -2.24. The number of carbonyl (C=O) groups excluding carboxylic acids is 2. The highest BCUT2D eigenvalue weighted by atomic mass is 35.5. The van der Waals surface area contributed by atoms with Crippen LogP contribution in [0, 0.1) is 13.8 Å². The van der Waals surface area contributed by atoms with Crippen molar-refractivity contribution in [2.45, 2.75) is 13.8 Å². The summed E-state index contributed by atoms with van der Waals surface area (Å²) in [5.41, 5.74) is 2.68. The number of esters is 1. The minimum absolute atomic E-state index is 0.310. The molecule has 0 aliphatic carbocycles. The van der Waals surface area contributed by atoms with Gasteiger partial charge in [0.15, 0.2) is 13.2 Å². The molecule has 0 spiro atoms. The average Bonchev–Trinajstić information content (AvgIpc) is 3.06. The van der Waals surface area contributed by atoms with Gasteiger partial charge in [-0.25, -0.2) is 9.48 Å². The Morgan fingerprint density at radius 3 is 2.41 bits per heavy atom. The lowest BCUT2D eigenvalue weighted by Gasteiger charge is -2.10. The van der Waals surface area contributed by atoms with Gasteiger partial charge in [0.1, 0.15) is 11.6 Å². The van der Waals surface area contributed by atoms with Crippen LogP contribution in [0.15, 0.2) is 54.6 Å². The first-order valence-corrected chi connectivity index (χ1v) is 9.26. The number of nitrogens with one attached hydrogen (secondary N) is 1. The predicted octanol–water partition coefficient (Wildman–Crippen LogP) is 3.70. The second-order valence-corrected chi connectivity index (χ2v) is 6.81. The van der Waals surface area contributed by atoms with Crippen LogP contribution >= 0.6 is 11.6 Å². The lowest BCUT2D eigenvalue weighted by atomic mass is 10.2. The van der Waals surface area contributed by atoms with E-state index in [1.54, 1.807) is 35.0 Å². The number of aryl methyl sites for hydroxylation is 2. The molecule has 8 heteroatoms. The average molecular weight is 414 g/mol. The van der Waals surface area contributed by atoms with Crippen molar-refractivity contribution in [2.24, 2.45) is 0 Å². The molecule has 1 N–H and O–H groups in total. The second-order valence-electron chi connectivity index (χ2n) is 6.37. The van der Waals surface area contributed by atoms with Crippen molar-refractivity contribution < 1.29 is 19.1 Å². The Hall–Kier alpha value is -3.32. The summed E-state index contributed by atoms with van der Waals surface area (Å²) < 4.78 is 11.9. The van der Waals surface area contributed by atoms with Crippen molar-refractivity contribution in [1.82, 2.24) is 9.78 Å². The Morgan fingerprint density at radius 2 is 1.72 bits per heavy atom. The summed E-state index contributed by atoms with van der Waals surface area (Å²) in [6, 6.07) is 16.0. The summed E-state index contributed by atoms with van der Waals surface area (Å²) >= 11 is 5.79. The van der Waals surface area contributed by atoms with E-state index in [-0.39, 0.29) is 6.61 Å². The van der Waals surface area contributed by atoms with E-state index >= 15 is 0 Å². The van der Waals surface area contributed by atoms with Gasteiger partial charge in [-0.05, 0) is 50.2 Å². The van der Waals surface area contributed by atoms with Crippen molar-refractivity contribution in [3.63, 3.8) is 0 Å². The Bertz CT molecular complexity index is 998. The molecule has 3 aromatic rings. The molecule has 1 aromatic heterocycles. The zero-order valence-corrected chi connectivity index (χ0v) is 16.8. The second kappa shape index (κ2) is 9.25. The van der Waals surface area contributed by atoms with Gasteiger partial charge in [-0.15, -0.1) is 0 Å². The van der Waals surface area contributed by atoms with Gasteiger partial charge < -0.3 is 14.8 Å². The number of aromatic nitrogens is 2. The van der Waals surface area contributed by atoms with Gasteiger partial charge in [0.2, 0.25) is 0 Å². The topological polar surface area (TPSA) is 82.5 Å². The van der Waals surface area contributed by atoms with Crippen LogP contribution in [0.25, 0.3) is 5.69 Å². The van der Waals surface area contributed by atoms with Crippen molar-refractivity contribution in [2.75, 3.05) is 18.5 Å². The van der Waals surface area contributed by atoms with Crippen LogP contribution in [0.3, 0.4) is 0 Å². The third kappa shape index (κ3) is 5.83. The molecule has 150 valence electrons. The van der Waals surface area contributed by atoms with E-state index in [2.05, 4.69) is 10.4 Å². The zero-order chi connectivity index (χ0) is 20.8. The fourth-order valence-corrected chi connectivity index (χ4v) is 2.64. The summed E-state index contributed by atoms with van der Waals surface area (Å²) in [7, 11) is 0. The largest absolute Gasteiger partial charge is 0.482 e. The third-order valence-corrected chi connectivity index (χ3v) is 4.16. The lowest BCUT2D eigenvalue weighted by molar-refractivity contribution is -0.149. The van der Waals surface area contributed by atoms with E-state index < -0.39 is 18.5 Å². The van der Waals surface area contributed by atoms with Gasteiger partial charge in [0, 0.05) is 11.1 Å². The van der Waals surface area contributed by atoms with Crippen LogP contribution < -0.4 is 10.1 Å². The maximum Gasteiger partial charge on any atom is 0.344 e. The molecule has 0 fully saturated rings. The fraction of sp³-hybridized carbons (Fsp3) is 0.190. The van der Waals surface area contributed by atoms with E-state index in [1.807, 2.05) is 38.1 Å². The predicted molar refractivity (Wildman–Crippen MR) is 110 cm³/mol. The number of ether oxygens (including phenoxy) is 2. The molecule has 2 aromatic carbocycles. The third-order valence-electron chi connectivity index (χ3n) is 3.91. The maximum absolute atomic E-state index is 12.2. The minimum atomic E-state index is -0.654. The first kappa shape index (κ1) is 20.4. The normalized spacial score (nSPS) is 10.4. The molecule has 1 amide bonds. The van der Waals surface area contributed by atoms with Crippen molar-refractivity contribution >= 4 is 29.3 Å². The Labute approximate surface area is 173 Å². The van der Waals surface area contributed by atoms with E-state index in [9.17, 15) is 9.59 Å². The van der Waals surface area contributed by atoms with Gasteiger partial charge in [-0.1, -0.05) is 29.3 Å². The monoisotopic (exact) mass is 413 g/mol. The van der Waals surface area contributed by atoms with Gasteiger partial charge in [0.05, 0.1) is 11.4 Å².